The van der Waals surface area contributed by atoms with Crippen molar-refractivity contribution in [3.63, 3.8) is 0 Å². The van der Waals surface area contributed by atoms with Crippen molar-refractivity contribution in [3.05, 3.63) is 34.3 Å². The molecule has 6 nitrogen and oxygen atoms in total. The van der Waals surface area contributed by atoms with Gasteiger partial charge >= 0.3 is 12.0 Å². The van der Waals surface area contributed by atoms with Crippen LogP contribution in [0.3, 0.4) is 0 Å². The fraction of sp³-hybridized carbons (Fsp3) is 0.579. The van der Waals surface area contributed by atoms with Crippen molar-refractivity contribution in [2.45, 2.75) is 38.1 Å². The summed E-state index contributed by atoms with van der Waals surface area (Å²) >= 11 is 6.35. The maximum atomic E-state index is 12.3. The number of benzene rings is 1. The lowest BCUT2D eigenvalue weighted by Crippen LogP contribution is -2.34. The molecule has 1 unspecified atom stereocenters. The molecule has 2 amide bonds. The number of aliphatic carboxylic acids is 1. The predicted octanol–water partition coefficient (Wildman–Crippen LogP) is 3.24. The van der Waals surface area contributed by atoms with Crippen LogP contribution in [-0.4, -0.2) is 48.2 Å². The highest BCUT2D eigenvalue weighted by molar-refractivity contribution is 6.31. The fourth-order valence-corrected chi connectivity index (χ4v) is 4.08. The first-order valence-electron chi connectivity index (χ1n) is 9.30. The molecule has 8 heteroatoms. The molecule has 2 fully saturated rings. The average Bonchev–Trinajstić information content (AvgIpc) is 3.00. The molecule has 3 N–H and O–H groups in total. The summed E-state index contributed by atoms with van der Waals surface area (Å²) in [5.41, 5.74) is 1.83. The van der Waals surface area contributed by atoms with Crippen LogP contribution >= 0.6 is 24.0 Å². The quantitative estimate of drug-likeness (QED) is 0.638. The Labute approximate surface area is 171 Å². The SMILES string of the molecule is Cl.O=C(O)CCc1ccc(C2CNC(=O)N2CCC2CCNCC2)cc1Cl. The minimum Gasteiger partial charge on any atom is -0.481 e. The van der Waals surface area contributed by atoms with Gasteiger partial charge < -0.3 is 20.6 Å². The number of rotatable bonds is 7. The van der Waals surface area contributed by atoms with Gasteiger partial charge in [0.05, 0.1) is 6.04 Å². The second kappa shape index (κ2) is 10.2. The highest BCUT2D eigenvalue weighted by Gasteiger charge is 2.32. The van der Waals surface area contributed by atoms with Gasteiger partial charge in [0.15, 0.2) is 0 Å². The van der Waals surface area contributed by atoms with E-state index in [2.05, 4.69) is 10.6 Å². The van der Waals surface area contributed by atoms with Crippen LogP contribution in [0.2, 0.25) is 5.02 Å². The number of urea groups is 1. The number of carboxylic acids is 1. The zero-order chi connectivity index (χ0) is 18.5. The molecule has 1 atom stereocenters. The van der Waals surface area contributed by atoms with Crippen molar-refractivity contribution in [3.8, 4) is 0 Å². The number of piperidine rings is 1. The summed E-state index contributed by atoms with van der Waals surface area (Å²) in [6.07, 6.45) is 3.84. The van der Waals surface area contributed by atoms with E-state index in [9.17, 15) is 9.59 Å². The molecule has 0 spiro atoms. The second-order valence-electron chi connectivity index (χ2n) is 7.12. The maximum absolute atomic E-state index is 12.3. The third-order valence-corrected chi connectivity index (χ3v) is 5.74. The third kappa shape index (κ3) is 5.74. The van der Waals surface area contributed by atoms with E-state index in [4.69, 9.17) is 16.7 Å². The first-order chi connectivity index (χ1) is 12.5. The number of hydrogen-bond donors (Lipinski definition) is 3. The summed E-state index contributed by atoms with van der Waals surface area (Å²) in [4.78, 5) is 24.9. The van der Waals surface area contributed by atoms with Gasteiger partial charge in [0, 0.05) is 24.5 Å². The van der Waals surface area contributed by atoms with Crippen LogP contribution in [0.15, 0.2) is 18.2 Å². The Morgan fingerprint density at radius 2 is 2.04 bits per heavy atom. The van der Waals surface area contributed by atoms with E-state index in [0.717, 1.165) is 37.2 Å². The first-order valence-corrected chi connectivity index (χ1v) is 9.67. The lowest BCUT2D eigenvalue weighted by molar-refractivity contribution is -0.136. The highest BCUT2D eigenvalue weighted by Crippen LogP contribution is 2.30. The lowest BCUT2D eigenvalue weighted by Gasteiger charge is -2.28. The number of amides is 2. The van der Waals surface area contributed by atoms with Crippen molar-refractivity contribution in [1.29, 1.82) is 0 Å². The molecular weight excluding hydrogens is 389 g/mol. The number of carboxylic acid groups (broad SMARTS) is 1. The number of hydrogen-bond acceptors (Lipinski definition) is 3. The van der Waals surface area contributed by atoms with E-state index in [1.54, 1.807) is 0 Å². The second-order valence-corrected chi connectivity index (χ2v) is 7.53. The molecule has 0 saturated carbocycles. The monoisotopic (exact) mass is 415 g/mol. The topological polar surface area (TPSA) is 81.7 Å². The van der Waals surface area contributed by atoms with Gasteiger partial charge in [0.25, 0.3) is 0 Å². The highest BCUT2D eigenvalue weighted by atomic mass is 35.5. The van der Waals surface area contributed by atoms with Crippen molar-refractivity contribution in [2.24, 2.45) is 5.92 Å². The Hall–Kier alpha value is -1.50. The smallest absolute Gasteiger partial charge is 0.318 e. The summed E-state index contributed by atoms with van der Waals surface area (Å²) in [7, 11) is 0. The van der Waals surface area contributed by atoms with E-state index in [1.165, 1.54) is 12.8 Å². The standard InChI is InChI=1S/C19H26ClN3O3.ClH/c20-16-11-15(2-1-14(16)3-4-18(24)25)17-12-22-19(26)23(17)10-7-13-5-8-21-9-6-13;/h1-2,11,13,17,21H,3-10,12H2,(H,22,26)(H,24,25);1H. The molecule has 150 valence electrons. The Balaban J connectivity index is 0.00000261. The van der Waals surface area contributed by atoms with E-state index in [1.807, 2.05) is 23.1 Å². The number of halogens is 2. The third-order valence-electron chi connectivity index (χ3n) is 5.39. The average molecular weight is 416 g/mol. The molecule has 2 aliphatic heterocycles. The summed E-state index contributed by atoms with van der Waals surface area (Å²) in [5, 5.41) is 15.7. The van der Waals surface area contributed by atoms with E-state index in [0.29, 0.717) is 23.9 Å². The van der Waals surface area contributed by atoms with E-state index >= 15 is 0 Å². The normalized spacial score (nSPS) is 20.3. The Morgan fingerprint density at radius 3 is 2.70 bits per heavy atom. The van der Waals surface area contributed by atoms with Crippen LogP contribution in [0.4, 0.5) is 4.79 Å². The largest absolute Gasteiger partial charge is 0.481 e. The summed E-state index contributed by atoms with van der Waals surface area (Å²) in [6, 6.07) is 5.69. The van der Waals surface area contributed by atoms with Crippen molar-refractivity contribution in [2.75, 3.05) is 26.2 Å². The summed E-state index contributed by atoms with van der Waals surface area (Å²) in [6.45, 7) is 3.46. The number of nitrogens with one attached hydrogen (secondary N) is 2. The maximum Gasteiger partial charge on any atom is 0.318 e. The van der Waals surface area contributed by atoms with Crippen LogP contribution in [0, 0.1) is 5.92 Å². The lowest BCUT2D eigenvalue weighted by atomic mass is 9.94. The molecule has 2 aliphatic rings. The number of aryl methyl sites for hydroxylation is 1. The molecule has 0 radical (unpaired) electrons. The Kier molecular flexibility index (Phi) is 8.20. The molecule has 0 aliphatic carbocycles. The molecule has 3 rings (SSSR count). The number of carbonyl (C=O) groups excluding carboxylic acids is 1. The van der Waals surface area contributed by atoms with Crippen LogP contribution in [0.5, 0.6) is 0 Å². The summed E-state index contributed by atoms with van der Waals surface area (Å²) in [5.74, 6) is -0.160. The molecular formula is C19H27Cl2N3O3. The van der Waals surface area contributed by atoms with Crippen molar-refractivity contribution in [1.82, 2.24) is 15.5 Å². The number of nitrogens with zero attached hydrogens (tertiary/aromatic N) is 1. The molecule has 0 bridgehead atoms. The zero-order valence-electron chi connectivity index (χ0n) is 15.2. The molecule has 1 aromatic carbocycles. The zero-order valence-corrected chi connectivity index (χ0v) is 16.8. The van der Waals surface area contributed by atoms with Gasteiger partial charge in [-0.3, -0.25) is 4.79 Å². The number of carbonyl (C=O) groups is 2. The minimum absolute atomic E-state index is 0. The van der Waals surface area contributed by atoms with Crippen molar-refractivity contribution < 1.29 is 14.7 Å². The van der Waals surface area contributed by atoms with Crippen LogP contribution in [0.25, 0.3) is 0 Å². The van der Waals surface area contributed by atoms with Gasteiger partial charge in [-0.1, -0.05) is 23.7 Å². The van der Waals surface area contributed by atoms with Gasteiger partial charge in [-0.05, 0) is 61.9 Å². The first kappa shape index (κ1) is 21.8. The van der Waals surface area contributed by atoms with Crippen molar-refractivity contribution >= 4 is 36.0 Å². The van der Waals surface area contributed by atoms with E-state index < -0.39 is 5.97 Å². The van der Waals surface area contributed by atoms with Gasteiger partial charge in [-0.25, -0.2) is 4.79 Å². The molecule has 2 heterocycles. The fourth-order valence-electron chi connectivity index (χ4n) is 3.80. The molecule has 0 aromatic heterocycles. The van der Waals surface area contributed by atoms with Crippen LogP contribution < -0.4 is 10.6 Å². The Bertz CT molecular complexity index is 666. The van der Waals surface area contributed by atoms with Gasteiger partial charge in [0.2, 0.25) is 0 Å². The van der Waals surface area contributed by atoms with E-state index in [-0.39, 0.29) is 30.9 Å². The summed E-state index contributed by atoms with van der Waals surface area (Å²) < 4.78 is 0. The molecule has 27 heavy (non-hydrogen) atoms. The van der Waals surface area contributed by atoms with Gasteiger partial charge in [0.1, 0.15) is 0 Å². The Morgan fingerprint density at radius 1 is 1.30 bits per heavy atom. The van der Waals surface area contributed by atoms with Crippen LogP contribution in [0.1, 0.15) is 42.9 Å². The van der Waals surface area contributed by atoms with Crippen LogP contribution in [-0.2, 0) is 11.2 Å². The molecule has 2 saturated heterocycles. The predicted molar refractivity (Wildman–Crippen MR) is 108 cm³/mol. The van der Waals surface area contributed by atoms with Gasteiger partial charge in [-0.15, -0.1) is 12.4 Å². The minimum atomic E-state index is -0.833. The molecule has 1 aromatic rings. The van der Waals surface area contributed by atoms with Gasteiger partial charge in [-0.2, -0.15) is 0 Å².